The van der Waals surface area contributed by atoms with Crippen molar-refractivity contribution in [2.24, 2.45) is 0 Å². The molecule has 1 aliphatic carbocycles. The highest BCUT2D eigenvalue weighted by atomic mass is 29.3. The number of hydrogen-bond donors (Lipinski definition) is 0. The van der Waals surface area contributed by atoms with Gasteiger partial charge in [0.15, 0.2) is 7.83 Å². The molecular weight excluding hydrogens is 336 g/mol. The quantitative estimate of drug-likeness (QED) is 0.659. The average molecular weight is 369 g/mol. The molecule has 25 heavy (non-hydrogen) atoms. The summed E-state index contributed by atoms with van der Waals surface area (Å²) < 4.78 is 6.84. The zero-order chi connectivity index (χ0) is 17.8. The highest BCUT2D eigenvalue weighted by Gasteiger charge is 2.56. The van der Waals surface area contributed by atoms with Crippen LogP contribution < -0.4 is 10.4 Å². The Kier molecular flexibility index (Phi) is 5.98. The minimum atomic E-state index is -1.95. The van der Waals surface area contributed by atoms with Crippen LogP contribution in [0.2, 0.25) is 18.6 Å². The lowest BCUT2D eigenvalue weighted by atomic mass is 10.0. The Morgan fingerprint density at radius 1 is 0.800 bits per heavy atom. The Labute approximate surface area is 155 Å². The number of benzene rings is 2. The molecule has 1 aliphatic rings. The second-order valence-corrected chi connectivity index (χ2v) is 20.4. The normalized spacial score (nSPS) is 18.7. The summed E-state index contributed by atoms with van der Waals surface area (Å²) in [5.41, 5.74) is 0.790. The van der Waals surface area contributed by atoms with Crippen molar-refractivity contribution in [3.05, 3.63) is 60.7 Å². The predicted molar refractivity (Wildman–Crippen MR) is 114 cm³/mol. The van der Waals surface area contributed by atoms with Crippen LogP contribution in [0.4, 0.5) is 0 Å². The Hall–Kier alpha value is -1.17. The van der Waals surface area contributed by atoms with Crippen molar-refractivity contribution in [3.8, 4) is 0 Å². The largest absolute Gasteiger partial charge is 0.419 e. The Morgan fingerprint density at radius 3 is 1.72 bits per heavy atom. The second-order valence-electron chi connectivity index (χ2n) is 7.73. The van der Waals surface area contributed by atoms with Gasteiger partial charge >= 0.3 is 0 Å². The summed E-state index contributed by atoms with van der Waals surface area (Å²) in [6, 6.07) is 22.6. The molecule has 0 bridgehead atoms. The van der Waals surface area contributed by atoms with Crippen molar-refractivity contribution in [1.29, 1.82) is 0 Å². The smallest absolute Gasteiger partial charge is 0.190 e. The predicted octanol–water partition coefficient (Wildman–Crippen LogP) is 4.90. The maximum atomic E-state index is 6.84. The first-order chi connectivity index (χ1) is 12.1. The van der Waals surface area contributed by atoms with Crippen molar-refractivity contribution >= 4 is 25.8 Å². The second kappa shape index (κ2) is 8.02. The van der Waals surface area contributed by atoms with Gasteiger partial charge in [0, 0.05) is 6.61 Å². The molecule has 0 spiro atoms. The molecule has 0 N–H and O–H groups in total. The lowest BCUT2D eigenvalue weighted by Crippen LogP contribution is -2.76. The molecule has 0 aromatic heterocycles. The first-order valence-corrected chi connectivity index (χ1v) is 15.9. The highest BCUT2D eigenvalue weighted by Crippen LogP contribution is 2.42. The van der Waals surface area contributed by atoms with Crippen molar-refractivity contribution in [2.75, 3.05) is 6.61 Å². The third-order valence-electron chi connectivity index (χ3n) is 6.52. The molecule has 0 radical (unpaired) electrons. The van der Waals surface area contributed by atoms with Gasteiger partial charge in [0.1, 0.15) is 7.59 Å². The molecular formula is C22H32OSi2. The van der Waals surface area contributed by atoms with E-state index in [1.165, 1.54) is 32.1 Å². The van der Waals surface area contributed by atoms with Crippen molar-refractivity contribution in [2.45, 2.75) is 57.7 Å². The Bertz CT molecular complexity index is 613. The third kappa shape index (κ3) is 3.42. The van der Waals surface area contributed by atoms with Gasteiger partial charge < -0.3 is 4.43 Å². The van der Waals surface area contributed by atoms with E-state index in [0.717, 1.165) is 12.1 Å². The lowest BCUT2D eigenvalue weighted by Gasteiger charge is -2.49. The summed E-state index contributed by atoms with van der Waals surface area (Å²) in [6.45, 7) is 8.20. The SMILES string of the molecule is CCO[Si](C)(C1CCCCC1)[Si](C)(c1ccccc1)c1ccccc1. The summed E-state index contributed by atoms with van der Waals surface area (Å²) in [5, 5.41) is 3.10. The van der Waals surface area contributed by atoms with Gasteiger partial charge in [-0.05, 0) is 19.0 Å². The van der Waals surface area contributed by atoms with Crippen molar-refractivity contribution in [3.63, 3.8) is 0 Å². The van der Waals surface area contributed by atoms with Crippen LogP contribution in [0.25, 0.3) is 0 Å². The van der Waals surface area contributed by atoms with Crippen LogP contribution in [0.15, 0.2) is 60.7 Å². The topological polar surface area (TPSA) is 9.23 Å². The van der Waals surface area contributed by atoms with Gasteiger partial charge in [0.25, 0.3) is 0 Å². The van der Waals surface area contributed by atoms with E-state index >= 15 is 0 Å². The van der Waals surface area contributed by atoms with E-state index in [9.17, 15) is 0 Å². The molecule has 1 unspecified atom stereocenters. The van der Waals surface area contributed by atoms with E-state index in [2.05, 4.69) is 80.7 Å². The van der Waals surface area contributed by atoms with E-state index in [1.54, 1.807) is 10.4 Å². The van der Waals surface area contributed by atoms with Gasteiger partial charge in [-0.3, -0.25) is 0 Å². The van der Waals surface area contributed by atoms with Crippen LogP contribution in [0.5, 0.6) is 0 Å². The Morgan fingerprint density at radius 2 is 1.28 bits per heavy atom. The number of rotatable bonds is 6. The maximum Gasteiger partial charge on any atom is 0.190 e. The first-order valence-electron chi connectivity index (χ1n) is 9.88. The van der Waals surface area contributed by atoms with Gasteiger partial charge in [0.2, 0.25) is 0 Å². The van der Waals surface area contributed by atoms with Crippen LogP contribution in [0.1, 0.15) is 39.0 Å². The van der Waals surface area contributed by atoms with Gasteiger partial charge in [-0.15, -0.1) is 0 Å². The standard InChI is InChI=1S/C22H32OSi2/c1-4-23-25(3,22-18-12-7-13-19-22)24(2,20-14-8-5-9-15-20)21-16-10-6-11-17-21/h5-6,8-11,14-17,22H,4,7,12-13,18-19H2,1-3H3. The lowest BCUT2D eigenvalue weighted by molar-refractivity contribution is 0.314. The zero-order valence-corrected chi connectivity index (χ0v) is 18.0. The molecule has 1 atom stereocenters. The minimum absolute atomic E-state index is 0.790. The third-order valence-corrected chi connectivity index (χ3v) is 23.9. The molecule has 2 aromatic carbocycles. The zero-order valence-electron chi connectivity index (χ0n) is 16.0. The molecule has 0 heterocycles. The first kappa shape index (κ1) is 18.6. The average Bonchev–Trinajstić information content (AvgIpc) is 2.69. The molecule has 1 saturated carbocycles. The fraction of sp³-hybridized carbons (Fsp3) is 0.455. The van der Waals surface area contributed by atoms with E-state index in [0.29, 0.717) is 0 Å². The molecule has 0 amide bonds. The van der Waals surface area contributed by atoms with Crippen LogP contribution in [-0.4, -0.2) is 22.0 Å². The van der Waals surface area contributed by atoms with Gasteiger partial charge in [-0.2, -0.15) is 0 Å². The van der Waals surface area contributed by atoms with Crippen LogP contribution in [0, 0.1) is 0 Å². The van der Waals surface area contributed by atoms with Crippen LogP contribution >= 0.6 is 0 Å². The molecule has 1 fully saturated rings. The van der Waals surface area contributed by atoms with Gasteiger partial charge in [-0.25, -0.2) is 0 Å². The molecule has 134 valence electrons. The molecule has 3 heteroatoms. The fourth-order valence-corrected chi connectivity index (χ4v) is 20.6. The van der Waals surface area contributed by atoms with Crippen molar-refractivity contribution in [1.82, 2.24) is 0 Å². The summed E-state index contributed by atoms with van der Waals surface area (Å²) in [5.74, 6) is 0. The number of hydrogen-bond acceptors (Lipinski definition) is 1. The van der Waals surface area contributed by atoms with Crippen molar-refractivity contribution < 1.29 is 4.43 Å². The summed E-state index contributed by atoms with van der Waals surface area (Å²) in [6.07, 6.45) is 6.90. The molecule has 3 rings (SSSR count). The van der Waals surface area contributed by atoms with E-state index in [-0.39, 0.29) is 0 Å². The maximum absolute atomic E-state index is 6.84. The molecule has 1 nitrogen and oxygen atoms in total. The van der Waals surface area contributed by atoms with E-state index < -0.39 is 15.4 Å². The van der Waals surface area contributed by atoms with Gasteiger partial charge in [0.05, 0.1) is 0 Å². The minimum Gasteiger partial charge on any atom is -0.419 e. The van der Waals surface area contributed by atoms with E-state index in [4.69, 9.17) is 4.43 Å². The monoisotopic (exact) mass is 368 g/mol. The summed E-state index contributed by atoms with van der Waals surface area (Å²) >= 11 is 0. The Balaban J connectivity index is 2.17. The van der Waals surface area contributed by atoms with Crippen LogP contribution in [-0.2, 0) is 4.43 Å². The van der Waals surface area contributed by atoms with E-state index in [1.807, 2.05) is 0 Å². The van der Waals surface area contributed by atoms with Crippen LogP contribution in [0.3, 0.4) is 0 Å². The molecule has 0 aliphatic heterocycles. The highest BCUT2D eigenvalue weighted by molar-refractivity contribution is 7.49. The molecule has 2 aromatic rings. The summed E-state index contributed by atoms with van der Waals surface area (Å²) in [4.78, 5) is 0. The summed E-state index contributed by atoms with van der Waals surface area (Å²) in [7, 11) is -3.89. The molecule has 0 saturated heterocycles. The van der Waals surface area contributed by atoms with Gasteiger partial charge in [-0.1, -0.05) is 110 Å². The fourth-order valence-electron chi connectivity index (χ4n) is 4.91.